The van der Waals surface area contributed by atoms with Gasteiger partial charge in [-0.2, -0.15) is 8.78 Å². The Morgan fingerprint density at radius 2 is 1.92 bits per heavy atom. The second-order valence-corrected chi connectivity index (χ2v) is 10.5. The number of carbonyl (C=O) groups is 1. The van der Waals surface area contributed by atoms with E-state index in [1.54, 1.807) is 19.1 Å². The summed E-state index contributed by atoms with van der Waals surface area (Å²) >= 11 is 1.36. The minimum Gasteiger partial charge on any atom is -0.492 e. The third-order valence-corrected chi connectivity index (χ3v) is 7.45. The summed E-state index contributed by atoms with van der Waals surface area (Å²) in [4.78, 5) is 13.0. The predicted octanol–water partition coefficient (Wildman–Crippen LogP) is 5.56. The van der Waals surface area contributed by atoms with E-state index < -0.39 is 28.7 Å². The Balaban J connectivity index is 1.77. The van der Waals surface area contributed by atoms with E-state index in [1.807, 2.05) is 5.38 Å². The highest BCUT2D eigenvalue weighted by Crippen LogP contribution is 2.31. The summed E-state index contributed by atoms with van der Waals surface area (Å²) < 4.78 is 65.8. The smallest absolute Gasteiger partial charge is 0.397 e. The Labute approximate surface area is 212 Å². The van der Waals surface area contributed by atoms with Gasteiger partial charge in [-0.3, -0.25) is 9.52 Å². The molecule has 0 saturated heterocycles. The number of thiophene rings is 1. The number of nitrogens with one attached hydrogen (secondary N) is 1. The normalized spacial score (nSPS) is 12.7. The van der Waals surface area contributed by atoms with Crippen molar-refractivity contribution in [3.8, 4) is 11.5 Å². The third kappa shape index (κ3) is 7.49. The largest absolute Gasteiger partial charge is 0.492 e. The Morgan fingerprint density at radius 1 is 1.14 bits per heavy atom. The average molecular weight is 540 g/mol. The van der Waals surface area contributed by atoms with Crippen LogP contribution in [0.25, 0.3) is 0 Å². The topological polar surface area (TPSA) is 102 Å². The molecule has 1 unspecified atom stereocenters. The Hall–Kier alpha value is -3.02. The minimum absolute atomic E-state index is 0.0126. The number of anilines is 1. The number of ketones is 1. The molecule has 0 aliphatic carbocycles. The first-order valence-corrected chi connectivity index (χ1v) is 13.6. The average Bonchev–Trinajstić information content (AvgIpc) is 3.34. The zero-order chi connectivity index (χ0) is 26.3. The molecule has 0 amide bonds. The summed E-state index contributed by atoms with van der Waals surface area (Å²) in [5, 5.41) is 12.0. The molecule has 3 aromatic rings. The maximum Gasteiger partial charge on any atom is 0.397 e. The molecule has 2 N–H and O–H groups in total. The molecule has 0 spiro atoms. The van der Waals surface area contributed by atoms with E-state index in [0.717, 1.165) is 6.07 Å². The van der Waals surface area contributed by atoms with E-state index in [9.17, 15) is 27.1 Å². The van der Waals surface area contributed by atoms with Gasteiger partial charge in [-0.05, 0) is 48.2 Å². The Kier molecular flexibility index (Phi) is 9.04. The number of sulfonamides is 1. The van der Waals surface area contributed by atoms with Gasteiger partial charge in [0.05, 0.1) is 18.4 Å². The number of hydrogen-bond acceptors (Lipinski definition) is 7. The van der Waals surface area contributed by atoms with E-state index in [2.05, 4.69) is 9.46 Å². The number of benzene rings is 2. The van der Waals surface area contributed by atoms with Crippen molar-refractivity contribution in [1.82, 2.24) is 0 Å². The molecule has 2 aromatic carbocycles. The number of Topliss-reactive ketones (excluding diaryl/α,β-unsaturated/α-hetero) is 1. The van der Waals surface area contributed by atoms with Crippen molar-refractivity contribution in [3.63, 3.8) is 0 Å². The number of carbonyl (C=O) groups excluding carboxylic acids is 1. The van der Waals surface area contributed by atoms with Crippen molar-refractivity contribution in [1.29, 1.82) is 0 Å². The molecule has 1 heterocycles. The lowest BCUT2D eigenvalue weighted by atomic mass is 10.0. The summed E-state index contributed by atoms with van der Waals surface area (Å²) in [5.74, 6) is -0.363. The zero-order valence-corrected chi connectivity index (χ0v) is 21.4. The monoisotopic (exact) mass is 539 g/mol. The van der Waals surface area contributed by atoms with Crippen molar-refractivity contribution < 1.29 is 36.6 Å². The van der Waals surface area contributed by atoms with Crippen molar-refractivity contribution in [2.45, 2.75) is 50.2 Å². The van der Waals surface area contributed by atoms with Gasteiger partial charge in [-0.15, -0.1) is 11.3 Å². The summed E-state index contributed by atoms with van der Waals surface area (Å²) in [5.41, 5.74) is 0.557. The molecule has 7 nitrogen and oxygen atoms in total. The van der Waals surface area contributed by atoms with Crippen LogP contribution in [-0.4, -0.2) is 32.0 Å². The van der Waals surface area contributed by atoms with Crippen LogP contribution < -0.4 is 14.2 Å². The molecule has 194 valence electrons. The number of aliphatic hydroxyl groups is 1. The summed E-state index contributed by atoms with van der Waals surface area (Å²) in [6, 6.07) is 13.1. The van der Waals surface area contributed by atoms with Crippen LogP contribution >= 0.6 is 11.3 Å². The lowest BCUT2D eigenvalue weighted by Gasteiger charge is -2.17. The van der Waals surface area contributed by atoms with Gasteiger partial charge in [-0.25, -0.2) is 8.42 Å². The molecule has 3 rings (SSSR count). The van der Waals surface area contributed by atoms with Crippen LogP contribution in [-0.2, 0) is 21.2 Å². The fraction of sp³-hybridized carbons (Fsp3) is 0.320. The van der Waals surface area contributed by atoms with Gasteiger partial charge in [0.1, 0.15) is 22.2 Å². The zero-order valence-electron chi connectivity index (χ0n) is 19.7. The number of ether oxygens (including phenoxy) is 2. The number of aliphatic hydroxyl groups excluding tert-OH is 1. The number of alkyl halides is 2. The van der Waals surface area contributed by atoms with Crippen LogP contribution in [0.4, 0.5) is 14.5 Å². The van der Waals surface area contributed by atoms with Gasteiger partial charge < -0.3 is 14.6 Å². The molecular weight excluding hydrogens is 512 g/mol. The van der Waals surface area contributed by atoms with Gasteiger partial charge in [0.2, 0.25) is 0 Å². The SMILES string of the molecule is CCOc1cc(CC(=O)CC(O)c2cccs2)ccc1S(=O)(=O)Nc1cccc(OC(F)(F)CC)c1. The number of halogens is 2. The molecule has 11 heteroatoms. The lowest BCUT2D eigenvalue weighted by molar-refractivity contribution is -0.177. The fourth-order valence-corrected chi connectivity index (χ4v) is 5.22. The van der Waals surface area contributed by atoms with Gasteiger partial charge in [-0.1, -0.05) is 25.1 Å². The molecule has 1 atom stereocenters. The van der Waals surface area contributed by atoms with Gasteiger partial charge in [0.15, 0.2) is 0 Å². The van der Waals surface area contributed by atoms with Crippen molar-refractivity contribution >= 4 is 32.8 Å². The van der Waals surface area contributed by atoms with Crippen LogP contribution in [0.1, 0.15) is 43.2 Å². The first-order chi connectivity index (χ1) is 17.0. The van der Waals surface area contributed by atoms with E-state index in [-0.39, 0.29) is 47.3 Å². The molecule has 0 fully saturated rings. The molecule has 0 aliphatic heterocycles. The second-order valence-electron chi connectivity index (χ2n) is 7.89. The molecule has 1 aromatic heterocycles. The second kappa shape index (κ2) is 11.8. The molecular formula is C25H27F2NO6S2. The van der Waals surface area contributed by atoms with E-state index in [1.165, 1.54) is 54.7 Å². The quantitative estimate of drug-likeness (QED) is 0.295. The third-order valence-electron chi connectivity index (χ3n) is 5.06. The maximum atomic E-state index is 13.6. The van der Waals surface area contributed by atoms with Gasteiger partial charge in [0, 0.05) is 30.2 Å². The fourth-order valence-electron chi connectivity index (χ4n) is 3.33. The van der Waals surface area contributed by atoms with Crippen LogP contribution in [0.15, 0.2) is 64.9 Å². The van der Waals surface area contributed by atoms with Crippen LogP contribution in [0.3, 0.4) is 0 Å². The first kappa shape index (κ1) is 27.6. The number of hydrogen-bond donors (Lipinski definition) is 2. The molecule has 0 aliphatic rings. The van der Waals surface area contributed by atoms with Crippen molar-refractivity contribution in [3.05, 3.63) is 70.4 Å². The molecule has 0 bridgehead atoms. The van der Waals surface area contributed by atoms with E-state index in [0.29, 0.717) is 10.4 Å². The molecule has 0 saturated carbocycles. The van der Waals surface area contributed by atoms with Crippen LogP contribution in [0, 0.1) is 0 Å². The van der Waals surface area contributed by atoms with Gasteiger partial charge in [0.25, 0.3) is 10.0 Å². The highest BCUT2D eigenvalue weighted by atomic mass is 32.2. The van der Waals surface area contributed by atoms with Gasteiger partial charge >= 0.3 is 6.11 Å². The number of rotatable bonds is 13. The van der Waals surface area contributed by atoms with E-state index >= 15 is 0 Å². The van der Waals surface area contributed by atoms with Crippen LogP contribution in [0.5, 0.6) is 11.5 Å². The van der Waals surface area contributed by atoms with E-state index in [4.69, 9.17) is 4.74 Å². The maximum absolute atomic E-state index is 13.6. The predicted molar refractivity (Wildman–Crippen MR) is 133 cm³/mol. The highest BCUT2D eigenvalue weighted by molar-refractivity contribution is 7.92. The summed E-state index contributed by atoms with van der Waals surface area (Å²) in [6.45, 7) is 3.13. The van der Waals surface area contributed by atoms with Crippen LogP contribution in [0.2, 0.25) is 0 Å². The standard InChI is InChI=1S/C25H27F2NO6S2/c1-3-25(26,27)34-20-8-5-7-18(15-20)28-36(31,32)24-11-10-17(14-22(24)33-4-2)13-19(29)16-21(30)23-9-6-12-35-23/h5-12,14-15,21,28,30H,3-4,13,16H2,1-2H3. The molecule has 0 radical (unpaired) electrons. The highest BCUT2D eigenvalue weighted by Gasteiger charge is 2.29. The summed E-state index contributed by atoms with van der Waals surface area (Å²) in [6.07, 6.45) is -4.90. The van der Waals surface area contributed by atoms with Crippen molar-refractivity contribution in [2.75, 3.05) is 11.3 Å². The van der Waals surface area contributed by atoms with Crippen molar-refractivity contribution in [2.24, 2.45) is 0 Å². The summed E-state index contributed by atoms with van der Waals surface area (Å²) in [7, 11) is -4.17. The minimum atomic E-state index is -4.17. The lowest BCUT2D eigenvalue weighted by Crippen LogP contribution is -2.23. The first-order valence-electron chi connectivity index (χ1n) is 11.2. The Bertz CT molecular complexity index is 1280. The Morgan fingerprint density at radius 3 is 2.58 bits per heavy atom. The molecule has 36 heavy (non-hydrogen) atoms.